The second-order valence-electron chi connectivity index (χ2n) is 3.00. The fourth-order valence-electron chi connectivity index (χ4n) is 1.06. The molecule has 14 heavy (non-hydrogen) atoms. The van der Waals surface area contributed by atoms with E-state index in [4.69, 9.17) is 18.9 Å². The highest BCUT2D eigenvalue weighted by molar-refractivity contribution is 4.67. The molecule has 0 aromatic carbocycles. The minimum Gasteiger partial charge on any atom is -0.466 e. The van der Waals surface area contributed by atoms with Crippen molar-refractivity contribution in [2.24, 2.45) is 0 Å². The number of ether oxygens (including phenoxy) is 4. The molecule has 1 saturated heterocycles. The molecule has 0 atom stereocenters. The highest BCUT2D eigenvalue weighted by Crippen LogP contribution is 2.00. The van der Waals surface area contributed by atoms with Crippen LogP contribution >= 0.6 is 0 Å². The van der Waals surface area contributed by atoms with Crippen molar-refractivity contribution >= 4 is 0 Å². The van der Waals surface area contributed by atoms with Gasteiger partial charge >= 0.3 is 0 Å². The van der Waals surface area contributed by atoms with Gasteiger partial charge in [-0.1, -0.05) is 0 Å². The fourth-order valence-corrected chi connectivity index (χ4v) is 1.06. The summed E-state index contributed by atoms with van der Waals surface area (Å²) in [6.07, 6.45) is 1.70. The van der Waals surface area contributed by atoms with Gasteiger partial charge in [0.15, 0.2) is 0 Å². The molecule has 0 aromatic heterocycles. The van der Waals surface area contributed by atoms with Crippen molar-refractivity contribution in [3.63, 3.8) is 0 Å². The van der Waals surface area contributed by atoms with Gasteiger partial charge in [-0.25, -0.2) is 0 Å². The molecule has 4 heteroatoms. The zero-order valence-electron chi connectivity index (χ0n) is 8.50. The van der Waals surface area contributed by atoms with Crippen molar-refractivity contribution in [3.05, 3.63) is 12.5 Å². The zero-order chi connectivity index (χ0) is 10.1. The van der Waals surface area contributed by atoms with Gasteiger partial charge in [0.1, 0.15) is 0 Å². The molecule has 0 spiro atoms. The first-order chi connectivity index (χ1) is 6.89. The van der Waals surface area contributed by atoms with Crippen LogP contribution in [-0.2, 0) is 18.9 Å². The van der Waals surface area contributed by atoms with Crippen LogP contribution in [0.2, 0.25) is 0 Å². The van der Waals surface area contributed by atoms with Gasteiger partial charge in [-0.2, -0.15) is 0 Å². The first kappa shape index (κ1) is 11.3. The summed E-state index contributed by atoms with van der Waals surface area (Å²) in [6, 6.07) is 0. The van der Waals surface area contributed by atoms with Crippen LogP contribution in [0.1, 0.15) is 12.8 Å². The van der Waals surface area contributed by atoms with Gasteiger partial charge in [0, 0.05) is 26.1 Å². The molecular formula is C10H18O4. The minimum atomic E-state index is 0.393. The monoisotopic (exact) mass is 202 g/mol. The molecule has 0 aromatic rings. The Hall–Kier alpha value is -0.740. The third-order valence-corrected chi connectivity index (χ3v) is 1.76. The van der Waals surface area contributed by atoms with E-state index < -0.39 is 0 Å². The lowest BCUT2D eigenvalue weighted by Gasteiger charge is -2.09. The van der Waals surface area contributed by atoms with Gasteiger partial charge in [0.05, 0.1) is 26.4 Å². The smallest absolute Gasteiger partial charge is 0.271 e. The maximum Gasteiger partial charge on any atom is 0.271 e. The summed E-state index contributed by atoms with van der Waals surface area (Å²) in [6.45, 7) is 7.52. The van der Waals surface area contributed by atoms with Crippen molar-refractivity contribution in [3.8, 4) is 0 Å². The molecule has 1 aliphatic heterocycles. The van der Waals surface area contributed by atoms with Crippen LogP contribution in [0.3, 0.4) is 0 Å². The molecule has 0 N–H and O–H groups in total. The molecule has 82 valence electrons. The molecule has 0 aliphatic carbocycles. The first-order valence-electron chi connectivity index (χ1n) is 4.99. The van der Waals surface area contributed by atoms with Gasteiger partial charge in [0.2, 0.25) is 0 Å². The maximum atomic E-state index is 5.31. The van der Waals surface area contributed by atoms with Crippen molar-refractivity contribution in [1.29, 1.82) is 0 Å². The lowest BCUT2D eigenvalue weighted by atomic mass is 10.5. The number of hydrogen-bond acceptors (Lipinski definition) is 4. The zero-order valence-corrected chi connectivity index (χ0v) is 8.50. The third-order valence-electron chi connectivity index (χ3n) is 1.76. The predicted octanol–water partition coefficient (Wildman–Crippen LogP) is 1.32. The van der Waals surface area contributed by atoms with Crippen molar-refractivity contribution in [2.75, 3.05) is 39.6 Å². The largest absolute Gasteiger partial charge is 0.466 e. The van der Waals surface area contributed by atoms with Crippen LogP contribution in [0.5, 0.6) is 0 Å². The summed E-state index contributed by atoms with van der Waals surface area (Å²) >= 11 is 0. The molecule has 1 fully saturated rings. The molecule has 0 radical (unpaired) electrons. The predicted molar refractivity (Wildman–Crippen MR) is 51.9 cm³/mol. The second kappa shape index (κ2) is 7.64. The van der Waals surface area contributed by atoms with Crippen molar-refractivity contribution < 1.29 is 18.9 Å². The standard InChI is InChI=1S/C10H18O4/c1-10-13-6-2-4-11-8-9-12-5-3-7-14-10/h1-9H2. The Kier molecular flexibility index (Phi) is 6.19. The van der Waals surface area contributed by atoms with E-state index in [-0.39, 0.29) is 0 Å². The van der Waals surface area contributed by atoms with Crippen LogP contribution in [-0.4, -0.2) is 39.6 Å². The molecule has 4 nitrogen and oxygen atoms in total. The molecule has 0 bridgehead atoms. The normalized spacial score (nSPS) is 22.1. The van der Waals surface area contributed by atoms with Crippen LogP contribution < -0.4 is 0 Å². The quantitative estimate of drug-likeness (QED) is 0.593. The van der Waals surface area contributed by atoms with Crippen LogP contribution in [0, 0.1) is 0 Å². The minimum absolute atomic E-state index is 0.393. The second-order valence-corrected chi connectivity index (χ2v) is 3.00. The van der Waals surface area contributed by atoms with Crippen LogP contribution in [0.4, 0.5) is 0 Å². The van der Waals surface area contributed by atoms with Crippen LogP contribution in [0.15, 0.2) is 12.5 Å². The van der Waals surface area contributed by atoms with Gasteiger partial charge in [-0.3, -0.25) is 0 Å². The van der Waals surface area contributed by atoms with Crippen molar-refractivity contribution in [2.45, 2.75) is 12.8 Å². The van der Waals surface area contributed by atoms with Gasteiger partial charge in [0.25, 0.3) is 5.95 Å². The Morgan fingerprint density at radius 1 is 0.714 bits per heavy atom. The summed E-state index contributed by atoms with van der Waals surface area (Å²) in [4.78, 5) is 0. The Balaban J connectivity index is 2.15. The van der Waals surface area contributed by atoms with Crippen molar-refractivity contribution in [1.82, 2.24) is 0 Å². The van der Waals surface area contributed by atoms with E-state index in [0.717, 1.165) is 12.8 Å². The number of rotatable bonds is 0. The van der Waals surface area contributed by atoms with E-state index in [1.807, 2.05) is 0 Å². The summed E-state index contributed by atoms with van der Waals surface area (Å²) in [5, 5.41) is 0. The summed E-state index contributed by atoms with van der Waals surface area (Å²) in [7, 11) is 0. The molecule has 1 rings (SSSR count). The van der Waals surface area contributed by atoms with Gasteiger partial charge < -0.3 is 18.9 Å². The summed E-state index contributed by atoms with van der Waals surface area (Å²) < 4.78 is 21.0. The van der Waals surface area contributed by atoms with E-state index in [9.17, 15) is 0 Å². The SMILES string of the molecule is C=C1OCCCOCCOCCCO1. The van der Waals surface area contributed by atoms with E-state index >= 15 is 0 Å². The number of hydrogen-bond donors (Lipinski definition) is 0. The van der Waals surface area contributed by atoms with E-state index in [1.165, 1.54) is 0 Å². The average Bonchev–Trinajstić information content (AvgIpc) is 2.20. The van der Waals surface area contributed by atoms with Gasteiger partial charge in [-0.05, 0) is 6.58 Å². The highest BCUT2D eigenvalue weighted by Gasteiger charge is 1.98. The molecule has 1 aliphatic rings. The molecule has 1 heterocycles. The Morgan fingerprint density at radius 3 is 1.71 bits per heavy atom. The Morgan fingerprint density at radius 2 is 1.21 bits per heavy atom. The van der Waals surface area contributed by atoms with E-state index in [0.29, 0.717) is 45.6 Å². The molecule has 0 unspecified atom stereocenters. The van der Waals surface area contributed by atoms with Crippen LogP contribution in [0.25, 0.3) is 0 Å². The lowest BCUT2D eigenvalue weighted by Crippen LogP contribution is -2.07. The average molecular weight is 202 g/mol. The summed E-state index contributed by atoms with van der Waals surface area (Å²) in [5.74, 6) is 0.393. The van der Waals surface area contributed by atoms with E-state index in [1.54, 1.807) is 0 Å². The Labute approximate surface area is 84.8 Å². The fraction of sp³-hybridized carbons (Fsp3) is 0.800. The third kappa shape index (κ3) is 5.83. The highest BCUT2D eigenvalue weighted by atomic mass is 16.7. The molecule has 0 amide bonds. The van der Waals surface area contributed by atoms with Gasteiger partial charge in [-0.15, -0.1) is 0 Å². The maximum absolute atomic E-state index is 5.31. The Bertz CT molecular complexity index is 142. The lowest BCUT2D eigenvalue weighted by molar-refractivity contribution is 0.0270. The topological polar surface area (TPSA) is 36.9 Å². The molecule has 0 saturated carbocycles. The summed E-state index contributed by atoms with van der Waals surface area (Å²) in [5.41, 5.74) is 0. The molecular weight excluding hydrogens is 184 g/mol. The van der Waals surface area contributed by atoms with E-state index in [2.05, 4.69) is 6.58 Å². The first-order valence-corrected chi connectivity index (χ1v) is 4.99.